The van der Waals surface area contributed by atoms with E-state index in [2.05, 4.69) is 10.3 Å². The van der Waals surface area contributed by atoms with Gasteiger partial charge in [0, 0.05) is 22.9 Å². The third kappa shape index (κ3) is 4.35. The smallest absolute Gasteiger partial charge is 0.267 e. The molecule has 6 nitrogen and oxygen atoms in total. The maximum atomic E-state index is 12.5. The van der Waals surface area contributed by atoms with Crippen LogP contribution in [0.1, 0.15) is 20.2 Å². The van der Waals surface area contributed by atoms with E-state index in [0.29, 0.717) is 40.3 Å². The molecule has 3 aromatic rings. The molecule has 0 bridgehead atoms. The van der Waals surface area contributed by atoms with Crippen LogP contribution in [-0.2, 0) is 17.8 Å². The Kier molecular flexibility index (Phi) is 5.61. The molecule has 1 N–H and O–H groups in total. The van der Waals surface area contributed by atoms with Gasteiger partial charge in [-0.05, 0) is 35.7 Å². The van der Waals surface area contributed by atoms with Crippen molar-refractivity contribution in [3.05, 3.63) is 62.2 Å². The minimum Gasteiger partial charge on any atom is -0.484 e. The SMILES string of the molecule is O=C(Nc1nc2c(s1)CN(C(=O)COc1ccc(Cl)cc1)CC2)c1cccs1. The molecule has 0 spiro atoms. The van der Waals surface area contributed by atoms with Gasteiger partial charge >= 0.3 is 0 Å². The van der Waals surface area contributed by atoms with Crippen LogP contribution in [0.4, 0.5) is 5.13 Å². The Labute approximate surface area is 174 Å². The second-order valence-corrected chi connectivity index (χ2v) is 8.60. The average molecular weight is 434 g/mol. The molecule has 4 rings (SSSR count). The van der Waals surface area contributed by atoms with E-state index in [1.807, 2.05) is 11.4 Å². The first-order chi connectivity index (χ1) is 13.6. The van der Waals surface area contributed by atoms with Gasteiger partial charge in [0.05, 0.1) is 17.1 Å². The van der Waals surface area contributed by atoms with Crippen LogP contribution < -0.4 is 10.1 Å². The van der Waals surface area contributed by atoms with Crippen LogP contribution in [0.5, 0.6) is 5.75 Å². The molecule has 0 saturated carbocycles. The summed E-state index contributed by atoms with van der Waals surface area (Å²) in [6, 6.07) is 10.5. The number of carbonyl (C=O) groups excluding carboxylic acids is 2. The van der Waals surface area contributed by atoms with Crippen LogP contribution in [0, 0.1) is 0 Å². The molecule has 2 aromatic heterocycles. The maximum Gasteiger partial charge on any atom is 0.267 e. The summed E-state index contributed by atoms with van der Waals surface area (Å²) in [5.74, 6) is 0.357. The number of nitrogens with zero attached hydrogens (tertiary/aromatic N) is 2. The van der Waals surface area contributed by atoms with Crippen molar-refractivity contribution >= 4 is 51.2 Å². The minimum atomic E-state index is -0.162. The lowest BCUT2D eigenvalue weighted by Gasteiger charge is -2.26. The van der Waals surface area contributed by atoms with Crippen molar-refractivity contribution in [1.82, 2.24) is 9.88 Å². The van der Waals surface area contributed by atoms with E-state index < -0.39 is 0 Å². The third-order valence-electron chi connectivity index (χ3n) is 4.23. The molecule has 0 unspecified atom stereocenters. The van der Waals surface area contributed by atoms with Gasteiger partial charge in [-0.1, -0.05) is 29.0 Å². The number of hydrogen-bond acceptors (Lipinski definition) is 6. The highest BCUT2D eigenvalue weighted by Crippen LogP contribution is 2.29. The molecular weight excluding hydrogens is 418 g/mol. The number of fused-ring (bicyclic) bond motifs is 1. The van der Waals surface area contributed by atoms with Crippen molar-refractivity contribution < 1.29 is 14.3 Å². The van der Waals surface area contributed by atoms with Gasteiger partial charge in [0.25, 0.3) is 11.8 Å². The molecule has 1 aromatic carbocycles. The Morgan fingerprint density at radius 1 is 1.25 bits per heavy atom. The second kappa shape index (κ2) is 8.30. The summed E-state index contributed by atoms with van der Waals surface area (Å²) in [7, 11) is 0. The Bertz CT molecular complexity index is 987. The standard InChI is InChI=1S/C19H16ClN3O3S2/c20-12-3-5-13(6-4-12)26-11-17(24)23-8-7-14-16(10-23)28-19(21-14)22-18(25)15-2-1-9-27-15/h1-6,9H,7-8,10-11H2,(H,21,22,25). The number of ether oxygens (including phenoxy) is 1. The molecule has 1 aliphatic rings. The van der Waals surface area contributed by atoms with Crippen LogP contribution in [-0.4, -0.2) is 34.8 Å². The van der Waals surface area contributed by atoms with Crippen LogP contribution in [0.25, 0.3) is 0 Å². The largest absolute Gasteiger partial charge is 0.484 e. The monoisotopic (exact) mass is 433 g/mol. The Balaban J connectivity index is 1.35. The first kappa shape index (κ1) is 18.9. The Morgan fingerprint density at radius 3 is 2.82 bits per heavy atom. The zero-order valence-electron chi connectivity index (χ0n) is 14.7. The van der Waals surface area contributed by atoms with E-state index in [4.69, 9.17) is 16.3 Å². The zero-order chi connectivity index (χ0) is 19.5. The summed E-state index contributed by atoms with van der Waals surface area (Å²) in [6.07, 6.45) is 0.660. The van der Waals surface area contributed by atoms with Gasteiger partial charge in [0.1, 0.15) is 5.75 Å². The van der Waals surface area contributed by atoms with Crippen molar-refractivity contribution in [2.45, 2.75) is 13.0 Å². The van der Waals surface area contributed by atoms with E-state index in [0.717, 1.165) is 10.6 Å². The number of aromatic nitrogens is 1. The summed E-state index contributed by atoms with van der Waals surface area (Å²) >= 11 is 8.64. The quantitative estimate of drug-likeness (QED) is 0.658. The number of thiophene rings is 1. The van der Waals surface area contributed by atoms with Crippen molar-refractivity contribution in [2.24, 2.45) is 0 Å². The van der Waals surface area contributed by atoms with Gasteiger partial charge in [0.15, 0.2) is 11.7 Å². The van der Waals surface area contributed by atoms with Gasteiger partial charge in [-0.2, -0.15) is 0 Å². The van der Waals surface area contributed by atoms with Crippen LogP contribution in [0.3, 0.4) is 0 Å². The normalized spacial score (nSPS) is 13.1. The van der Waals surface area contributed by atoms with E-state index in [-0.39, 0.29) is 18.4 Å². The van der Waals surface area contributed by atoms with Crippen LogP contribution >= 0.6 is 34.3 Å². The average Bonchev–Trinajstić information content (AvgIpc) is 3.36. The fourth-order valence-corrected chi connectivity index (χ4v) is 4.56. The van der Waals surface area contributed by atoms with Gasteiger partial charge in [0.2, 0.25) is 0 Å². The lowest BCUT2D eigenvalue weighted by atomic mass is 10.2. The highest BCUT2D eigenvalue weighted by Gasteiger charge is 2.25. The lowest BCUT2D eigenvalue weighted by Crippen LogP contribution is -2.38. The molecule has 9 heteroatoms. The fraction of sp³-hybridized carbons (Fsp3) is 0.211. The predicted octanol–water partition coefficient (Wildman–Crippen LogP) is 4.07. The van der Waals surface area contributed by atoms with Crippen LogP contribution in [0.15, 0.2) is 41.8 Å². The van der Waals surface area contributed by atoms with Crippen molar-refractivity contribution in [2.75, 3.05) is 18.5 Å². The summed E-state index contributed by atoms with van der Waals surface area (Å²) in [6.45, 7) is 1.03. The van der Waals surface area contributed by atoms with Crippen molar-refractivity contribution in [3.8, 4) is 5.75 Å². The van der Waals surface area contributed by atoms with Gasteiger partial charge < -0.3 is 9.64 Å². The fourth-order valence-electron chi connectivity index (χ4n) is 2.80. The molecule has 0 radical (unpaired) electrons. The summed E-state index contributed by atoms with van der Waals surface area (Å²) < 4.78 is 5.55. The highest BCUT2D eigenvalue weighted by atomic mass is 35.5. The van der Waals surface area contributed by atoms with Gasteiger partial charge in [-0.3, -0.25) is 14.9 Å². The molecule has 28 heavy (non-hydrogen) atoms. The van der Waals surface area contributed by atoms with Crippen molar-refractivity contribution in [3.63, 3.8) is 0 Å². The number of nitrogens with one attached hydrogen (secondary N) is 1. The molecule has 2 amide bonds. The van der Waals surface area contributed by atoms with E-state index >= 15 is 0 Å². The highest BCUT2D eigenvalue weighted by molar-refractivity contribution is 7.16. The Hall–Kier alpha value is -2.42. The summed E-state index contributed by atoms with van der Waals surface area (Å²) in [5.41, 5.74) is 0.939. The molecular formula is C19H16ClN3O3S2. The topological polar surface area (TPSA) is 71.5 Å². The number of halogens is 1. The molecule has 144 valence electrons. The first-order valence-corrected chi connectivity index (χ1v) is 10.7. The van der Waals surface area contributed by atoms with Crippen molar-refractivity contribution in [1.29, 1.82) is 0 Å². The summed E-state index contributed by atoms with van der Waals surface area (Å²) in [5, 5.41) is 5.88. The maximum absolute atomic E-state index is 12.5. The molecule has 0 atom stereocenters. The lowest BCUT2D eigenvalue weighted by molar-refractivity contribution is -0.134. The third-order valence-corrected chi connectivity index (χ3v) is 6.34. The number of amides is 2. The predicted molar refractivity (Wildman–Crippen MR) is 110 cm³/mol. The minimum absolute atomic E-state index is 0.0300. The second-order valence-electron chi connectivity index (χ2n) is 6.13. The molecule has 0 aliphatic carbocycles. The molecule has 0 fully saturated rings. The van der Waals surface area contributed by atoms with E-state index in [9.17, 15) is 9.59 Å². The molecule has 1 aliphatic heterocycles. The number of thiazole rings is 1. The van der Waals surface area contributed by atoms with Gasteiger partial charge in [-0.25, -0.2) is 4.98 Å². The first-order valence-electron chi connectivity index (χ1n) is 8.58. The number of benzene rings is 1. The zero-order valence-corrected chi connectivity index (χ0v) is 17.1. The number of anilines is 1. The number of hydrogen-bond donors (Lipinski definition) is 1. The van der Waals surface area contributed by atoms with Crippen LogP contribution in [0.2, 0.25) is 5.02 Å². The molecule has 3 heterocycles. The molecule has 0 saturated heterocycles. The van der Waals surface area contributed by atoms with Gasteiger partial charge in [-0.15, -0.1) is 11.3 Å². The van der Waals surface area contributed by atoms with E-state index in [1.165, 1.54) is 22.7 Å². The summed E-state index contributed by atoms with van der Waals surface area (Å²) in [4.78, 5) is 32.6. The van der Waals surface area contributed by atoms with E-state index in [1.54, 1.807) is 35.2 Å². The Morgan fingerprint density at radius 2 is 2.07 bits per heavy atom. The number of carbonyl (C=O) groups is 2. The number of rotatable bonds is 5.